The summed E-state index contributed by atoms with van der Waals surface area (Å²) in [4.78, 5) is 14.3. The maximum atomic E-state index is 12.4. The van der Waals surface area contributed by atoms with E-state index < -0.39 is 0 Å². The predicted molar refractivity (Wildman–Crippen MR) is 86.0 cm³/mol. The van der Waals surface area contributed by atoms with Gasteiger partial charge in [-0.05, 0) is 55.7 Å². The molecule has 1 fully saturated rings. The van der Waals surface area contributed by atoms with Crippen molar-refractivity contribution in [2.24, 2.45) is 5.92 Å². The van der Waals surface area contributed by atoms with Crippen LogP contribution in [0, 0.1) is 5.92 Å². The van der Waals surface area contributed by atoms with Crippen molar-refractivity contribution < 1.29 is 4.79 Å². The Bertz CT molecular complexity index is 557. The molecule has 0 heterocycles. The summed E-state index contributed by atoms with van der Waals surface area (Å²) in [5, 5.41) is 4.38. The Kier molecular flexibility index (Phi) is 4.32. The minimum absolute atomic E-state index is 0.0355. The van der Waals surface area contributed by atoms with Crippen molar-refractivity contribution in [2.45, 2.75) is 38.6 Å². The topological polar surface area (TPSA) is 32.3 Å². The lowest BCUT2D eigenvalue weighted by Gasteiger charge is -2.24. The van der Waals surface area contributed by atoms with Crippen molar-refractivity contribution in [3.8, 4) is 0 Å². The van der Waals surface area contributed by atoms with Crippen LogP contribution in [0.1, 0.15) is 43.4 Å². The first-order valence-corrected chi connectivity index (χ1v) is 8.38. The second-order valence-corrected chi connectivity index (χ2v) is 6.74. The molecule has 0 saturated heterocycles. The van der Waals surface area contributed by atoms with Gasteiger partial charge in [0.05, 0.1) is 16.1 Å². The monoisotopic (exact) mass is 326 g/mol. The average molecular weight is 327 g/mol. The Morgan fingerprint density at radius 2 is 2.10 bits per heavy atom. The number of fused-ring (bicyclic) bond motifs is 1. The van der Waals surface area contributed by atoms with Crippen LogP contribution in [0.5, 0.6) is 0 Å². The number of carbonyl (C=O) groups excluding carboxylic acids is 1. The molecule has 1 saturated carbocycles. The zero-order valence-corrected chi connectivity index (χ0v) is 13.7. The Balaban J connectivity index is 1.69. The van der Waals surface area contributed by atoms with Crippen LogP contribution >= 0.6 is 23.2 Å². The van der Waals surface area contributed by atoms with E-state index in [2.05, 4.69) is 5.32 Å². The Morgan fingerprint density at radius 3 is 2.76 bits per heavy atom. The van der Waals surface area contributed by atoms with Gasteiger partial charge in [-0.15, -0.1) is 0 Å². The maximum Gasteiger partial charge on any atom is 0.317 e. The molecular weight excluding hydrogens is 307 g/mol. The highest BCUT2D eigenvalue weighted by molar-refractivity contribution is 6.42. The summed E-state index contributed by atoms with van der Waals surface area (Å²) in [6.07, 6.45) is 4.27. The minimum atomic E-state index is 0.0355. The SMILES string of the molecule is CCN(CC1CC1)C(=O)NC1CCc2c1ccc(Cl)c2Cl. The summed E-state index contributed by atoms with van der Waals surface area (Å²) in [5.41, 5.74) is 2.19. The molecule has 5 heteroatoms. The molecule has 3 nitrogen and oxygen atoms in total. The number of rotatable bonds is 4. The van der Waals surface area contributed by atoms with Crippen molar-refractivity contribution in [2.75, 3.05) is 13.1 Å². The van der Waals surface area contributed by atoms with E-state index in [4.69, 9.17) is 23.2 Å². The molecule has 1 N–H and O–H groups in total. The molecule has 0 aliphatic heterocycles. The molecule has 3 rings (SSSR count). The van der Waals surface area contributed by atoms with Gasteiger partial charge in [0, 0.05) is 13.1 Å². The molecule has 1 unspecified atom stereocenters. The second-order valence-electron chi connectivity index (χ2n) is 5.95. The molecule has 2 aliphatic rings. The van der Waals surface area contributed by atoms with Crippen LogP contribution in [0.25, 0.3) is 0 Å². The molecule has 0 aromatic heterocycles. The molecule has 0 radical (unpaired) electrons. The van der Waals surface area contributed by atoms with E-state index in [0.717, 1.165) is 37.1 Å². The third-order valence-corrected chi connectivity index (χ3v) is 5.28. The second kappa shape index (κ2) is 6.05. The molecule has 1 aromatic rings. The number of hydrogen-bond acceptors (Lipinski definition) is 1. The van der Waals surface area contributed by atoms with Gasteiger partial charge >= 0.3 is 6.03 Å². The largest absolute Gasteiger partial charge is 0.331 e. The molecule has 1 atom stereocenters. The summed E-state index contributed by atoms with van der Waals surface area (Å²) in [6, 6.07) is 3.89. The molecule has 1 aromatic carbocycles. The summed E-state index contributed by atoms with van der Waals surface area (Å²) >= 11 is 12.3. The van der Waals surface area contributed by atoms with Crippen LogP contribution in [0.2, 0.25) is 10.0 Å². The predicted octanol–water partition coefficient (Wildman–Crippen LogP) is 4.42. The van der Waals surface area contributed by atoms with Gasteiger partial charge in [-0.25, -0.2) is 4.79 Å². The normalized spacial score (nSPS) is 20.2. The number of urea groups is 1. The van der Waals surface area contributed by atoms with E-state index in [1.165, 1.54) is 12.8 Å². The highest BCUT2D eigenvalue weighted by atomic mass is 35.5. The van der Waals surface area contributed by atoms with E-state index in [1.54, 1.807) is 0 Å². The van der Waals surface area contributed by atoms with E-state index >= 15 is 0 Å². The fourth-order valence-corrected chi connectivity index (χ4v) is 3.43. The van der Waals surface area contributed by atoms with Crippen LogP contribution in [0.4, 0.5) is 4.79 Å². The van der Waals surface area contributed by atoms with E-state index in [9.17, 15) is 4.79 Å². The Hall–Kier alpha value is -0.930. The van der Waals surface area contributed by atoms with E-state index in [-0.39, 0.29) is 12.1 Å². The standard InChI is InChI=1S/C16H20Cl2N2O/c1-2-20(9-10-3-4-10)16(21)19-14-8-6-12-11(14)5-7-13(17)15(12)18/h5,7,10,14H,2-4,6,8-9H2,1H3,(H,19,21). The third kappa shape index (κ3) is 3.14. The van der Waals surface area contributed by atoms with Crippen molar-refractivity contribution in [1.82, 2.24) is 10.2 Å². The quantitative estimate of drug-likeness (QED) is 0.872. The highest BCUT2D eigenvalue weighted by Gasteiger charge is 2.30. The van der Waals surface area contributed by atoms with Crippen LogP contribution in [-0.4, -0.2) is 24.0 Å². The van der Waals surface area contributed by atoms with Gasteiger partial charge in [0.2, 0.25) is 0 Å². The number of hydrogen-bond donors (Lipinski definition) is 1. The minimum Gasteiger partial charge on any atom is -0.331 e. The average Bonchev–Trinajstić information content (AvgIpc) is 3.21. The lowest BCUT2D eigenvalue weighted by molar-refractivity contribution is 0.194. The van der Waals surface area contributed by atoms with Crippen molar-refractivity contribution in [1.29, 1.82) is 0 Å². The molecule has 2 aliphatic carbocycles. The van der Waals surface area contributed by atoms with Crippen LogP contribution in [-0.2, 0) is 6.42 Å². The summed E-state index contributed by atoms with van der Waals surface area (Å²) in [7, 11) is 0. The maximum absolute atomic E-state index is 12.4. The van der Waals surface area contributed by atoms with Gasteiger partial charge in [-0.2, -0.15) is 0 Å². The molecule has 2 amide bonds. The van der Waals surface area contributed by atoms with Crippen molar-refractivity contribution >= 4 is 29.2 Å². The fourth-order valence-electron chi connectivity index (χ4n) is 2.99. The van der Waals surface area contributed by atoms with Crippen LogP contribution in [0.15, 0.2) is 12.1 Å². The molecule has 0 bridgehead atoms. The van der Waals surface area contributed by atoms with E-state index in [0.29, 0.717) is 16.0 Å². The number of nitrogens with zero attached hydrogens (tertiary/aromatic N) is 1. The van der Waals surface area contributed by atoms with Gasteiger partial charge in [0.25, 0.3) is 0 Å². The summed E-state index contributed by atoms with van der Waals surface area (Å²) in [6.45, 7) is 3.66. The number of amides is 2. The first kappa shape index (κ1) is 15.0. The summed E-state index contributed by atoms with van der Waals surface area (Å²) in [5.74, 6) is 0.708. The zero-order valence-electron chi connectivity index (χ0n) is 12.2. The third-order valence-electron chi connectivity index (χ3n) is 4.43. The molecule has 114 valence electrons. The number of nitrogens with one attached hydrogen (secondary N) is 1. The van der Waals surface area contributed by atoms with Crippen molar-refractivity contribution in [3.05, 3.63) is 33.3 Å². The van der Waals surface area contributed by atoms with Gasteiger partial charge in [-0.3, -0.25) is 0 Å². The van der Waals surface area contributed by atoms with Gasteiger partial charge < -0.3 is 10.2 Å². The number of benzene rings is 1. The molecule has 21 heavy (non-hydrogen) atoms. The first-order valence-electron chi connectivity index (χ1n) is 7.62. The van der Waals surface area contributed by atoms with Gasteiger partial charge in [-0.1, -0.05) is 29.3 Å². The van der Waals surface area contributed by atoms with E-state index in [1.807, 2.05) is 24.0 Å². The lowest BCUT2D eigenvalue weighted by atomic mass is 10.1. The smallest absolute Gasteiger partial charge is 0.317 e. The highest BCUT2D eigenvalue weighted by Crippen LogP contribution is 2.39. The first-order chi connectivity index (χ1) is 10.1. The fraction of sp³-hybridized carbons (Fsp3) is 0.562. The Labute approximate surface area is 135 Å². The van der Waals surface area contributed by atoms with Crippen molar-refractivity contribution in [3.63, 3.8) is 0 Å². The molecular formula is C16H20Cl2N2O. The summed E-state index contributed by atoms with van der Waals surface area (Å²) < 4.78 is 0. The molecule has 0 spiro atoms. The number of halogens is 2. The van der Waals surface area contributed by atoms with Gasteiger partial charge in [0.15, 0.2) is 0 Å². The zero-order chi connectivity index (χ0) is 15.0. The van der Waals surface area contributed by atoms with Gasteiger partial charge in [0.1, 0.15) is 0 Å². The van der Waals surface area contributed by atoms with Crippen LogP contribution in [0.3, 0.4) is 0 Å². The Morgan fingerprint density at radius 1 is 1.33 bits per heavy atom. The lowest BCUT2D eigenvalue weighted by Crippen LogP contribution is -2.42. The number of carbonyl (C=O) groups is 1. The van der Waals surface area contributed by atoms with Crippen LogP contribution < -0.4 is 5.32 Å².